The zero-order chi connectivity index (χ0) is 16.9. The van der Waals surface area contributed by atoms with Crippen LogP contribution in [0.5, 0.6) is 0 Å². The lowest BCUT2D eigenvalue weighted by Gasteiger charge is -2.07. The lowest BCUT2D eigenvalue weighted by molar-refractivity contribution is 0.0600. The van der Waals surface area contributed by atoms with Crippen molar-refractivity contribution in [3.63, 3.8) is 0 Å². The molecule has 0 saturated heterocycles. The summed E-state index contributed by atoms with van der Waals surface area (Å²) >= 11 is 0. The molecule has 3 aromatic rings. The van der Waals surface area contributed by atoms with Gasteiger partial charge in [0.05, 0.1) is 12.7 Å². The van der Waals surface area contributed by atoms with E-state index in [0.717, 1.165) is 16.3 Å². The van der Waals surface area contributed by atoms with Crippen LogP contribution in [0.15, 0.2) is 60.9 Å². The standard InChI is InChI=1S/C19H16N2O3/c1-24-19(23)17-7-5-14-9-16(6-4-15(14)10-17)18(22)21-12-13-3-2-8-20-11-13/h2-11H,12H2,1H3,(H,21,22). The second-order valence-corrected chi connectivity index (χ2v) is 5.31. The van der Waals surface area contributed by atoms with Gasteiger partial charge in [-0.25, -0.2) is 4.79 Å². The average molecular weight is 320 g/mol. The highest BCUT2D eigenvalue weighted by atomic mass is 16.5. The zero-order valence-electron chi connectivity index (χ0n) is 13.2. The van der Waals surface area contributed by atoms with Gasteiger partial charge in [0.1, 0.15) is 0 Å². The highest BCUT2D eigenvalue weighted by molar-refractivity contribution is 6.00. The van der Waals surface area contributed by atoms with Gasteiger partial charge in [0.15, 0.2) is 0 Å². The molecule has 0 bridgehead atoms. The molecular weight excluding hydrogens is 304 g/mol. The summed E-state index contributed by atoms with van der Waals surface area (Å²) < 4.78 is 4.71. The zero-order valence-corrected chi connectivity index (χ0v) is 13.2. The Morgan fingerprint density at radius 1 is 1.04 bits per heavy atom. The SMILES string of the molecule is COC(=O)c1ccc2cc(C(=O)NCc3cccnc3)ccc2c1. The molecule has 0 unspecified atom stereocenters. The quantitative estimate of drug-likeness (QED) is 0.751. The van der Waals surface area contributed by atoms with Gasteiger partial charge >= 0.3 is 5.97 Å². The number of fused-ring (bicyclic) bond motifs is 1. The topological polar surface area (TPSA) is 68.3 Å². The van der Waals surface area contributed by atoms with Crippen LogP contribution in [0.1, 0.15) is 26.3 Å². The number of ether oxygens (including phenoxy) is 1. The summed E-state index contributed by atoms with van der Waals surface area (Å²) in [5, 5.41) is 4.63. The molecule has 0 saturated carbocycles. The number of hydrogen-bond acceptors (Lipinski definition) is 4. The largest absolute Gasteiger partial charge is 0.465 e. The molecule has 120 valence electrons. The van der Waals surface area contributed by atoms with E-state index in [2.05, 4.69) is 10.3 Å². The second kappa shape index (κ2) is 6.91. The Hall–Kier alpha value is -3.21. The summed E-state index contributed by atoms with van der Waals surface area (Å²) in [5.74, 6) is -0.534. The number of nitrogens with one attached hydrogen (secondary N) is 1. The first-order valence-electron chi connectivity index (χ1n) is 7.46. The molecule has 0 aliphatic rings. The molecule has 1 aromatic heterocycles. The van der Waals surface area contributed by atoms with E-state index in [9.17, 15) is 9.59 Å². The van der Waals surface area contributed by atoms with E-state index in [0.29, 0.717) is 17.7 Å². The molecule has 0 fully saturated rings. The molecule has 5 heteroatoms. The Labute approximate surface area is 139 Å². The van der Waals surface area contributed by atoms with Crippen LogP contribution in [0, 0.1) is 0 Å². The van der Waals surface area contributed by atoms with Crippen molar-refractivity contribution in [1.82, 2.24) is 10.3 Å². The number of carbonyl (C=O) groups is 2. The predicted octanol–water partition coefficient (Wildman–Crippen LogP) is 2.95. The number of benzene rings is 2. The minimum atomic E-state index is -0.379. The summed E-state index contributed by atoms with van der Waals surface area (Å²) in [6.45, 7) is 0.423. The summed E-state index contributed by atoms with van der Waals surface area (Å²) in [6, 6.07) is 14.3. The van der Waals surface area contributed by atoms with Crippen LogP contribution in [0.4, 0.5) is 0 Å². The first-order valence-corrected chi connectivity index (χ1v) is 7.46. The molecule has 3 rings (SSSR count). The fraction of sp³-hybridized carbons (Fsp3) is 0.105. The van der Waals surface area contributed by atoms with Crippen LogP contribution in [0.25, 0.3) is 10.8 Å². The van der Waals surface area contributed by atoms with Crippen LogP contribution >= 0.6 is 0 Å². The van der Waals surface area contributed by atoms with E-state index in [1.165, 1.54) is 7.11 Å². The minimum Gasteiger partial charge on any atom is -0.465 e. The third kappa shape index (κ3) is 3.41. The van der Waals surface area contributed by atoms with Crippen LogP contribution in [-0.2, 0) is 11.3 Å². The van der Waals surface area contributed by atoms with E-state index in [1.54, 1.807) is 42.7 Å². The van der Waals surface area contributed by atoms with E-state index < -0.39 is 0 Å². The van der Waals surface area contributed by atoms with Crippen LogP contribution in [0.3, 0.4) is 0 Å². The number of carbonyl (C=O) groups excluding carboxylic acids is 2. The number of hydrogen-bond donors (Lipinski definition) is 1. The van der Waals surface area contributed by atoms with Gasteiger partial charge in [0.25, 0.3) is 5.91 Å². The van der Waals surface area contributed by atoms with Gasteiger partial charge in [-0.2, -0.15) is 0 Å². The maximum atomic E-state index is 12.3. The Morgan fingerprint density at radius 2 is 1.75 bits per heavy atom. The number of amides is 1. The maximum Gasteiger partial charge on any atom is 0.337 e. The molecule has 2 aromatic carbocycles. The minimum absolute atomic E-state index is 0.155. The lowest BCUT2D eigenvalue weighted by atomic mass is 10.0. The Bertz CT molecular complexity index is 892. The number of pyridine rings is 1. The van der Waals surface area contributed by atoms with Crippen molar-refractivity contribution in [2.75, 3.05) is 7.11 Å². The molecule has 0 radical (unpaired) electrons. The fourth-order valence-corrected chi connectivity index (χ4v) is 2.42. The Morgan fingerprint density at radius 3 is 2.42 bits per heavy atom. The van der Waals surface area contributed by atoms with Crippen LogP contribution < -0.4 is 5.32 Å². The van der Waals surface area contributed by atoms with Crippen LogP contribution in [0.2, 0.25) is 0 Å². The molecule has 0 spiro atoms. The highest BCUT2D eigenvalue weighted by Crippen LogP contribution is 2.18. The molecule has 0 aliphatic carbocycles. The third-order valence-electron chi connectivity index (χ3n) is 3.70. The van der Waals surface area contributed by atoms with Crippen molar-refractivity contribution in [3.8, 4) is 0 Å². The van der Waals surface area contributed by atoms with E-state index in [-0.39, 0.29) is 11.9 Å². The Balaban J connectivity index is 1.77. The first kappa shape index (κ1) is 15.7. The number of rotatable bonds is 4. The van der Waals surface area contributed by atoms with E-state index >= 15 is 0 Å². The number of nitrogens with zero attached hydrogens (tertiary/aromatic N) is 1. The maximum absolute atomic E-state index is 12.3. The van der Waals surface area contributed by atoms with Gasteiger partial charge in [-0.1, -0.05) is 18.2 Å². The monoisotopic (exact) mass is 320 g/mol. The van der Waals surface area contributed by atoms with Gasteiger partial charge < -0.3 is 10.1 Å². The van der Waals surface area contributed by atoms with Crippen molar-refractivity contribution >= 4 is 22.6 Å². The summed E-state index contributed by atoms with van der Waals surface area (Å²) in [6.07, 6.45) is 3.41. The molecule has 1 heterocycles. The van der Waals surface area contributed by atoms with Gasteiger partial charge in [0, 0.05) is 24.5 Å². The number of methoxy groups -OCH3 is 1. The van der Waals surface area contributed by atoms with Gasteiger partial charge in [-0.15, -0.1) is 0 Å². The van der Waals surface area contributed by atoms with Crippen molar-refractivity contribution < 1.29 is 14.3 Å². The molecule has 0 aliphatic heterocycles. The van der Waals surface area contributed by atoms with Crippen LogP contribution in [-0.4, -0.2) is 24.0 Å². The second-order valence-electron chi connectivity index (χ2n) is 5.31. The van der Waals surface area contributed by atoms with Gasteiger partial charge in [-0.05, 0) is 46.7 Å². The molecule has 5 nitrogen and oxygen atoms in total. The Kier molecular flexibility index (Phi) is 4.52. The number of aromatic nitrogens is 1. The average Bonchev–Trinajstić information content (AvgIpc) is 2.65. The van der Waals surface area contributed by atoms with E-state index in [4.69, 9.17) is 4.74 Å². The molecular formula is C19H16N2O3. The summed E-state index contributed by atoms with van der Waals surface area (Å²) in [4.78, 5) is 27.9. The molecule has 1 amide bonds. The predicted molar refractivity (Wildman–Crippen MR) is 90.7 cm³/mol. The fourth-order valence-electron chi connectivity index (χ4n) is 2.42. The van der Waals surface area contributed by atoms with Crippen molar-refractivity contribution in [2.24, 2.45) is 0 Å². The van der Waals surface area contributed by atoms with E-state index in [1.807, 2.05) is 18.2 Å². The first-order chi connectivity index (χ1) is 11.7. The normalized spacial score (nSPS) is 10.4. The lowest BCUT2D eigenvalue weighted by Crippen LogP contribution is -2.22. The van der Waals surface area contributed by atoms with Crippen molar-refractivity contribution in [2.45, 2.75) is 6.54 Å². The molecule has 0 atom stereocenters. The smallest absolute Gasteiger partial charge is 0.337 e. The summed E-state index contributed by atoms with van der Waals surface area (Å²) in [5.41, 5.74) is 1.99. The highest BCUT2D eigenvalue weighted by Gasteiger charge is 2.09. The van der Waals surface area contributed by atoms with Crippen molar-refractivity contribution in [3.05, 3.63) is 77.6 Å². The summed E-state index contributed by atoms with van der Waals surface area (Å²) in [7, 11) is 1.35. The van der Waals surface area contributed by atoms with Gasteiger partial charge in [-0.3, -0.25) is 9.78 Å². The molecule has 24 heavy (non-hydrogen) atoms. The van der Waals surface area contributed by atoms with Gasteiger partial charge in [0.2, 0.25) is 0 Å². The number of esters is 1. The third-order valence-corrected chi connectivity index (χ3v) is 3.70. The molecule has 1 N–H and O–H groups in total. The van der Waals surface area contributed by atoms with Crippen molar-refractivity contribution in [1.29, 1.82) is 0 Å².